The minimum absolute atomic E-state index is 0.390. The van der Waals surface area contributed by atoms with Crippen LogP contribution in [0.3, 0.4) is 0 Å². The van der Waals surface area contributed by atoms with Gasteiger partial charge in [0.05, 0.1) is 0 Å². The number of carbonyl (C=O) groups is 1. The number of nitrogens with zero attached hydrogens (tertiary/aromatic N) is 5. The van der Waals surface area contributed by atoms with Crippen molar-refractivity contribution in [3.8, 4) is 0 Å². The zero-order valence-electron chi connectivity index (χ0n) is 8.74. The van der Waals surface area contributed by atoms with Crippen LogP contribution in [0.2, 0.25) is 0 Å². The van der Waals surface area contributed by atoms with Gasteiger partial charge in [-0.05, 0) is 18.2 Å². The van der Waals surface area contributed by atoms with Gasteiger partial charge in [0.15, 0.2) is 5.49 Å². The van der Waals surface area contributed by atoms with Crippen molar-refractivity contribution >= 4 is 6.03 Å². The highest BCUT2D eigenvalue weighted by atomic mass is 16.2. The summed E-state index contributed by atoms with van der Waals surface area (Å²) in [7, 11) is 0. The summed E-state index contributed by atoms with van der Waals surface area (Å²) in [5.74, 6) is 0. The van der Waals surface area contributed by atoms with Crippen LogP contribution in [0.1, 0.15) is 11.4 Å². The standard InChI is InChI=1S/C11H7N5O/c17-11-15-9-2-1-8(14-10(9)16-11)5-7-3-4-12-6-13-7/h1-4,6H,5H2. The SMILES string of the molecule is O=C1N=c2ccc(Cc3ccncn3)nc2=N1. The molecule has 82 valence electrons. The van der Waals surface area contributed by atoms with Gasteiger partial charge in [-0.25, -0.2) is 19.7 Å². The van der Waals surface area contributed by atoms with E-state index in [9.17, 15) is 4.79 Å². The Bertz CT molecular complexity index is 696. The quantitative estimate of drug-likeness (QED) is 0.711. The molecule has 0 atom stereocenters. The van der Waals surface area contributed by atoms with Crippen molar-refractivity contribution in [3.63, 3.8) is 0 Å². The van der Waals surface area contributed by atoms with Crippen LogP contribution in [-0.2, 0) is 6.42 Å². The maximum Gasteiger partial charge on any atom is 0.369 e. The Balaban J connectivity index is 1.98. The number of fused-ring (bicyclic) bond motifs is 1. The molecule has 2 aromatic heterocycles. The Labute approximate surface area is 95.8 Å². The lowest BCUT2D eigenvalue weighted by molar-refractivity contribution is 0.256. The molecule has 3 rings (SSSR count). The van der Waals surface area contributed by atoms with Gasteiger partial charge in [0.2, 0.25) is 0 Å². The normalized spacial score (nSPS) is 12.8. The monoisotopic (exact) mass is 225 g/mol. The molecular formula is C11H7N5O. The molecule has 6 heteroatoms. The first kappa shape index (κ1) is 9.71. The number of rotatable bonds is 2. The Hall–Kier alpha value is -2.50. The second kappa shape index (κ2) is 3.82. The maximum absolute atomic E-state index is 11.0. The maximum atomic E-state index is 11.0. The topological polar surface area (TPSA) is 80.5 Å². The summed E-state index contributed by atoms with van der Waals surface area (Å²) >= 11 is 0. The Morgan fingerprint density at radius 2 is 2.00 bits per heavy atom. The molecule has 0 aliphatic carbocycles. The van der Waals surface area contributed by atoms with Gasteiger partial charge in [-0.3, -0.25) is 0 Å². The minimum atomic E-state index is -0.494. The van der Waals surface area contributed by atoms with E-state index in [1.54, 1.807) is 12.3 Å². The first-order valence-electron chi connectivity index (χ1n) is 5.03. The van der Waals surface area contributed by atoms with Crippen LogP contribution in [0, 0.1) is 0 Å². The highest BCUT2D eigenvalue weighted by molar-refractivity contribution is 5.77. The summed E-state index contributed by atoms with van der Waals surface area (Å²) in [6, 6.07) is 4.89. The molecule has 0 N–H and O–H groups in total. The molecule has 0 saturated carbocycles. The van der Waals surface area contributed by atoms with Crippen LogP contribution >= 0.6 is 0 Å². The van der Waals surface area contributed by atoms with E-state index in [2.05, 4.69) is 24.9 Å². The van der Waals surface area contributed by atoms with Crippen molar-refractivity contribution in [1.82, 2.24) is 15.0 Å². The van der Waals surface area contributed by atoms with Crippen molar-refractivity contribution in [3.05, 3.63) is 53.0 Å². The zero-order valence-corrected chi connectivity index (χ0v) is 8.74. The number of aromatic nitrogens is 3. The molecule has 2 amide bonds. The van der Waals surface area contributed by atoms with E-state index in [1.165, 1.54) is 6.33 Å². The van der Waals surface area contributed by atoms with Gasteiger partial charge in [-0.2, -0.15) is 9.98 Å². The van der Waals surface area contributed by atoms with E-state index in [1.807, 2.05) is 12.1 Å². The highest BCUT2D eigenvalue weighted by Crippen LogP contribution is 2.00. The molecule has 0 spiro atoms. The number of urea groups is 1. The molecule has 17 heavy (non-hydrogen) atoms. The Kier molecular flexibility index (Phi) is 2.18. The fourth-order valence-electron chi connectivity index (χ4n) is 1.58. The van der Waals surface area contributed by atoms with Gasteiger partial charge in [0.25, 0.3) is 0 Å². The van der Waals surface area contributed by atoms with E-state index in [0.29, 0.717) is 17.3 Å². The second-order valence-corrected chi connectivity index (χ2v) is 3.53. The number of carbonyl (C=O) groups excluding carboxylic acids is 1. The number of hydrogen-bond donors (Lipinski definition) is 0. The van der Waals surface area contributed by atoms with Gasteiger partial charge >= 0.3 is 6.03 Å². The summed E-state index contributed by atoms with van der Waals surface area (Å²) in [5, 5.41) is 0.529. The van der Waals surface area contributed by atoms with Crippen LogP contribution < -0.4 is 10.8 Å². The van der Waals surface area contributed by atoms with Gasteiger partial charge in [0, 0.05) is 24.0 Å². The smallest absolute Gasteiger partial charge is 0.245 e. The summed E-state index contributed by atoms with van der Waals surface area (Å²) in [6.07, 6.45) is 3.75. The molecule has 0 unspecified atom stereocenters. The van der Waals surface area contributed by atoms with Crippen molar-refractivity contribution in [1.29, 1.82) is 0 Å². The molecule has 0 saturated heterocycles. The fourth-order valence-corrected chi connectivity index (χ4v) is 1.58. The van der Waals surface area contributed by atoms with Gasteiger partial charge in [0.1, 0.15) is 11.7 Å². The van der Waals surface area contributed by atoms with E-state index in [4.69, 9.17) is 0 Å². The molecule has 3 heterocycles. The average Bonchev–Trinajstić information content (AvgIpc) is 2.70. The zero-order chi connectivity index (χ0) is 11.7. The number of amides is 2. The molecule has 0 bridgehead atoms. The van der Waals surface area contributed by atoms with Gasteiger partial charge in [-0.1, -0.05) is 0 Å². The third kappa shape index (κ3) is 1.92. The molecular weight excluding hydrogens is 218 g/mol. The Morgan fingerprint density at radius 3 is 2.82 bits per heavy atom. The van der Waals surface area contributed by atoms with Crippen LogP contribution in [0.25, 0.3) is 0 Å². The van der Waals surface area contributed by atoms with Crippen LogP contribution in [0.4, 0.5) is 4.79 Å². The molecule has 0 fully saturated rings. The predicted molar refractivity (Wildman–Crippen MR) is 56.8 cm³/mol. The van der Waals surface area contributed by atoms with Crippen molar-refractivity contribution in [2.75, 3.05) is 0 Å². The molecule has 0 radical (unpaired) electrons. The lowest BCUT2D eigenvalue weighted by Crippen LogP contribution is -2.26. The van der Waals surface area contributed by atoms with Crippen LogP contribution in [0.5, 0.6) is 0 Å². The predicted octanol–water partition coefficient (Wildman–Crippen LogP) is -0.165. The van der Waals surface area contributed by atoms with Crippen LogP contribution in [0.15, 0.2) is 40.7 Å². The van der Waals surface area contributed by atoms with Crippen molar-refractivity contribution in [2.24, 2.45) is 9.98 Å². The lowest BCUT2D eigenvalue weighted by Gasteiger charge is -1.98. The largest absolute Gasteiger partial charge is 0.369 e. The summed E-state index contributed by atoms with van der Waals surface area (Å²) in [6.45, 7) is 0. The molecule has 6 nitrogen and oxygen atoms in total. The van der Waals surface area contributed by atoms with E-state index >= 15 is 0 Å². The average molecular weight is 225 g/mol. The summed E-state index contributed by atoms with van der Waals surface area (Å²) in [4.78, 5) is 30.6. The molecule has 1 aliphatic heterocycles. The molecule has 2 aromatic rings. The summed E-state index contributed by atoms with van der Waals surface area (Å²) in [5.41, 5.74) is 2.06. The number of hydrogen-bond acceptors (Lipinski definition) is 4. The third-order valence-electron chi connectivity index (χ3n) is 2.34. The van der Waals surface area contributed by atoms with E-state index in [-0.39, 0.29) is 0 Å². The summed E-state index contributed by atoms with van der Waals surface area (Å²) < 4.78 is 0. The third-order valence-corrected chi connectivity index (χ3v) is 2.34. The lowest BCUT2D eigenvalue weighted by atomic mass is 10.2. The first-order valence-corrected chi connectivity index (χ1v) is 5.03. The van der Waals surface area contributed by atoms with E-state index in [0.717, 1.165) is 11.4 Å². The van der Waals surface area contributed by atoms with Crippen molar-refractivity contribution < 1.29 is 4.79 Å². The highest BCUT2D eigenvalue weighted by Gasteiger charge is 2.07. The van der Waals surface area contributed by atoms with Gasteiger partial charge < -0.3 is 0 Å². The first-order chi connectivity index (χ1) is 8.31. The molecule has 0 aromatic carbocycles. The molecule has 1 aliphatic rings. The number of pyridine rings is 1. The van der Waals surface area contributed by atoms with Crippen LogP contribution in [-0.4, -0.2) is 21.0 Å². The Morgan fingerprint density at radius 1 is 1.06 bits per heavy atom. The second-order valence-electron chi connectivity index (χ2n) is 3.53. The fraction of sp³-hybridized carbons (Fsp3) is 0.0909. The van der Waals surface area contributed by atoms with Gasteiger partial charge in [-0.15, -0.1) is 0 Å². The minimum Gasteiger partial charge on any atom is -0.245 e. The van der Waals surface area contributed by atoms with E-state index < -0.39 is 6.03 Å². The van der Waals surface area contributed by atoms with Crippen molar-refractivity contribution in [2.45, 2.75) is 6.42 Å².